The molecule has 0 fully saturated rings. The summed E-state index contributed by atoms with van der Waals surface area (Å²) in [6.45, 7) is 6.60. The zero-order valence-corrected chi connectivity index (χ0v) is 14.1. The van der Waals surface area contributed by atoms with Crippen LogP contribution in [0.5, 0.6) is 0 Å². The first kappa shape index (κ1) is 15.9. The van der Waals surface area contributed by atoms with Crippen molar-refractivity contribution in [2.45, 2.75) is 33.7 Å². The molecule has 0 aliphatic carbocycles. The highest BCUT2D eigenvalue weighted by molar-refractivity contribution is 7.16. The van der Waals surface area contributed by atoms with Gasteiger partial charge in [0.15, 0.2) is 0 Å². The van der Waals surface area contributed by atoms with Crippen molar-refractivity contribution in [3.8, 4) is 0 Å². The third kappa shape index (κ3) is 4.79. The predicted octanol–water partition coefficient (Wildman–Crippen LogP) is 4.09. The van der Waals surface area contributed by atoms with Crippen LogP contribution in [0, 0.1) is 5.41 Å². The lowest BCUT2D eigenvalue weighted by Gasteiger charge is -2.16. The standard InChI is InChI=1S/C16H19NO2S2/c1-16(2,3)9-14(18)17-10-11-6-7-13(21-11)15(19)12-5-4-8-20-12/h4-8H,9-10H2,1-3H3,(H,17,18). The van der Waals surface area contributed by atoms with Crippen LogP contribution in [0.1, 0.15) is 46.6 Å². The zero-order chi connectivity index (χ0) is 15.5. The molecule has 3 nitrogen and oxygen atoms in total. The molecule has 1 amide bonds. The third-order valence-corrected chi connectivity index (χ3v) is 4.73. The lowest BCUT2D eigenvalue weighted by molar-refractivity contribution is -0.122. The molecule has 2 aromatic rings. The zero-order valence-electron chi connectivity index (χ0n) is 12.4. The Kier molecular flexibility index (Phi) is 4.96. The van der Waals surface area contributed by atoms with Gasteiger partial charge in [0.05, 0.1) is 16.3 Å². The summed E-state index contributed by atoms with van der Waals surface area (Å²) >= 11 is 2.89. The summed E-state index contributed by atoms with van der Waals surface area (Å²) in [6.07, 6.45) is 0.499. The first-order valence-electron chi connectivity index (χ1n) is 6.79. The number of thiophene rings is 2. The number of hydrogen-bond acceptors (Lipinski definition) is 4. The van der Waals surface area contributed by atoms with E-state index in [1.165, 1.54) is 22.7 Å². The van der Waals surface area contributed by atoms with E-state index < -0.39 is 0 Å². The van der Waals surface area contributed by atoms with Gasteiger partial charge < -0.3 is 5.32 Å². The maximum absolute atomic E-state index is 12.2. The van der Waals surface area contributed by atoms with Crippen LogP contribution in [-0.2, 0) is 11.3 Å². The van der Waals surface area contributed by atoms with Gasteiger partial charge in [-0.15, -0.1) is 22.7 Å². The van der Waals surface area contributed by atoms with E-state index in [2.05, 4.69) is 5.32 Å². The van der Waals surface area contributed by atoms with Crippen molar-refractivity contribution in [3.63, 3.8) is 0 Å². The first-order valence-corrected chi connectivity index (χ1v) is 8.48. The molecule has 0 unspecified atom stereocenters. The highest BCUT2D eigenvalue weighted by Crippen LogP contribution is 2.23. The number of ketones is 1. The molecule has 0 spiro atoms. The van der Waals surface area contributed by atoms with Gasteiger partial charge in [-0.2, -0.15) is 0 Å². The van der Waals surface area contributed by atoms with Gasteiger partial charge in [0.2, 0.25) is 11.7 Å². The predicted molar refractivity (Wildman–Crippen MR) is 88.0 cm³/mol. The average Bonchev–Trinajstić information content (AvgIpc) is 3.05. The number of nitrogens with one attached hydrogen (secondary N) is 1. The quantitative estimate of drug-likeness (QED) is 0.843. The van der Waals surface area contributed by atoms with Crippen molar-refractivity contribution in [3.05, 3.63) is 44.3 Å². The average molecular weight is 321 g/mol. The fourth-order valence-corrected chi connectivity index (χ4v) is 3.50. The van der Waals surface area contributed by atoms with Crippen LogP contribution >= 0.6 is 22.7 Å². The van der Waals surface area contributed by atoms with Crippen LogP contribution in [0.4, 0.5) is 0 Å². The Balaban J connectivity index is 1.92. The van der Waals surface area contributed by atoms with Crippen LogP contribution < -0.4 is 5.32 Å². The second-order valence-electron chi connectivity index (χ2n) is 6.09. The van der Waals surface area contributed by atoms with Crippen molar-refractivity contribution in [1.82, 2.24) is 5.32 Å². The Morgan fingerprint density at radius 1 is 1.14 bits per heavy atom. The maximum Gasteiger partial charge on any atom is 0.220 e. The molecule has 2 aromatic heterocycles. The molecule has 0 aromatic carbocycles. The highest BCUT2D eigenvalue weighted by Gasteiger charge is 2.16. The van der Waals surface area contributed by atoms with Gasteiger partial charge in [0.25, 0.3) is 0 Å². The number of carbonyl (C=O) groups is 2. The van der Waals surface area contributed by atoms with Gasteiger partial charge in [-0.3, -0.25) is 9.59 Å². The monoisotopic (exact) mass is 321 g/mol. The smallest absolute Gasteiger partial charge is 0.220 e. The molecule has 0 saturated heterocycles. The van der Waals surface area contributed by atoms with Crippen molar-refractivity contribution >= 4 is 34.4 Å². The van der Waals surface area contributed by atoms with Crippen LogP contribution in [-0.4, -0.2) is 11.7 Å². The van der Waals surface area contributed by atoms with E-state index in [-0.39, 0.29) is 17.1 Å². The topological polar surface area (TPSA) is 46.2 Å². The fraction of sp³-hybridized carbons (Fsp3) is 0.375. The molecule has 1 N–H and O–H groups in total. The second-order valence-corrected chi connectivity index (χ2v) is 8.20. The molecule has 112 valence electrons. The normalized spacial score (nSPS) is 11.4. The number of rotatable bonds is 5. The number of amides is 1. The molecular weight excluding hydrogens is 302 g/mol. The van der Waals surface area contributed by atoms with Crippen LogP contribution in [0.2, 0.25) is 0 Å². The van der Waals surface area contributed by atoms with E-state index in [1.807, 2.05) is 50.4 Å². The number of carbonyl (C=O) groups excluding carboxylic acids is 2. The van der Waals surface area contributed by atoms with E-state index in [4.69, 9.17) is 0 Å². The minimum Gasteiger partial charge on any atom is -0.351 e. The van der Waals surface area contributed by atoms with E-state index in [0.29, 0.717) is 13.0 Å². The SMILES string of the molecule is CC(C)(C)CC(=O)NCc1ccc(C(=O)c2cccs2)s1. The summed E-state index contributed by atoms with van der Waals surface area (Å²) in [5.41, 5.74) is -0.0141. The fourth-order valence-electron chi connectivity index (χ4n) is 1.85. The van der Waals surface area contributed by atoms with Gasteiger partial charge in [-0.1, -0.05) is 26.8 Å². The summed E-state index contributed by atoms with van der Waals surface area (Å²) in [4.78, 5) is 26.4. The van der Waals surface area contributed by atoms with E-state index in [0.717, 1.165) is 14.6 Å². The highest BCUT2D eigenvalue weighted by atomic mass is 32.1. The molecule has 2 rings (SSSR count). The van der Waals surface area contributed by atoms with Gasteiger partial charge in [-0.05, 0) is 29.0 Å². The lowest BCUT2D eigenvalue weighted by Crippen LogP contribution is -2.26. The summed E-state index contributed by atoms with van der Waals surface area (Å²) < 4.78 is 0. The Labute approximate surface area is 133 Å². The number of hydrogen-bond donors (Lipinski definition) is 1. The molecule has 0 aliphatic rings. The largest absolute Gasteiger partial charge is 0.351 e. The van der Waals surface area contributed by atoms with Gasteiger partial charge in [-0.25, -0.2) is 0 Å². The molecule has 0 aliphatic heterocycles. The Morgan fingerprint density at radius 3 is 2.52 bits per heavy atom. The van der Waals surface area contributed by atoms with Crippen molar-refractivity contribution < 1.29 is 9.59 Å². The van der Waals surface area contributed by atoms with Gasteiger partial charge >= 0.3 is 0 Å². The van der Waals surface area contributed by atoms with Crippen molar-refractivity contribution in [2.24, 2.45) is 5.41 Å². The minimum absolute atomic E-state index is 0.0141. The molecule has 0 radical (unpaired) electrons. The minimum atomic E-state index is -0.0141. The third-order valence-electron chi connectivity index (χ3n) is 2.78. The van der Waals surface area contributed by atoms with Crippen molar-refractivity contribution in [1.29, 1.82) is 0 Å². The Hall–Kier alpha value is -1.46. The van der Waals surface area contributed by atoms with Crippen molar-refractivity contribution in [2.75, 3.05) is 0 Å². The van der Waals surface area contributed by atoms with E-state index >= 15 is 0 Å². The van der Waals surface area contributed by atoms with Crippen LogP contribution in [0.3, 0.4) is 0 Å². The lowest BCUT2D eigenvalue weighted by atomic mass is 9.92. The molecule has 0 bridgehead atoms. The Morgan fingerprint density at radius 2 is 1.90 bits per heavy atom. The van der Waals surface area contributed by atoms with E-state index in [9.17, 15) is 9.59 Å². The summed E-state index contributed by atoms with van der Waals surface area (Å²) in [5.74, 6) is 0.101. The Bertz CT molecular complexity index is 621. The molecular formula is C16H19NO2S2. The van der Waals surface area contributed by atoms with Gasteiger partial charge in [0.1, 0.15) is 0 Å². The summed E-state index contributed by atoms with van der Waals surface area (Å²) in [5, 5.41) is 4.80. The van der Waals surface area contributed by atoms with E-state index in [1.54, 1.807) is 0 Å². The van der Waals surface area contributed by atoms with Crippen LogP contribution in [0.15, 0.2) is 29.6 Å². The van der Waals surface area contributed by atoms with Crippen LogP contribution in [0.25, 0.3) is 0 Å². The molecule has 0 saturated carbocycles. The molecule has 5 heteroatoms. The second kappa shape index (κ2) is 6.54. The first-order chi connectivity index (χ1) is 9.85. The molecule has 2 heterocycles. The molecule has 21 heavy (non-hydrogen) atoms. The van der Waals surface area contributed by atoms with Gasteiger partial charge in [0, 0.05) is 11.3 Å². The maximum atomic E-state index is 12.2. The molecule has 0 atom stereocenters. The summed E-state index contributed by atoms with van der Waals surface area (Å²) in [7, 11) is 0. The summed E-state index contributed by atoms with van der Waals surface area (Å²) in [6, 6.07) is 7.44.